The number of benzene rings is 3. The van der Waals surface area contributed by atoms with Gasteiger partial charge < -0.3 is 13.9 Å². The standard InChI is InChI=1S/C24H20N2O4/c1-16-4-3-5-20(12-16)24-26-25-22(30-24)15-29-23(27)11-7-17-6-8-19-14-21(28-2)10-9-18(19)13-17/h3-14H,15H2,1-2H3/b11-7+. The summed E-state index contributed by atoms with van der Waals surface area (Å²) in [5, 5.41) is 10.1. The summed E-state index contributed by atoms with van der Waals surface area (Å²) < 4.78 is 16.0. The number of methoxy groups -OCH3 is 1. The molecule has 0 saturated heterocycles. The Bertz CT molecular complexity index is 1230. The monoisotopic (exact) mass is 400 g/mol. The number of carbonyl (C=O) groups is 1. The molecule has 1 aromatic heterocycles. The lowest BCUT2D eigenvalue weighted by Gasteiger charge is -2.03. The quantitative estimate of drug-likeness (QED) is 0.336. The summed E-state index contributed by atoms with van der Waals surface area (Å²) in [5.41, 5.74) is 2.81. The van der Waals surface area contributed by atoms with Crippen molar-refractivity contribution in [2.24, 2.45) is 0 Å². The Balaban J connectivity index is 1.37. The summed E-state index contributed by atoms with van der Waals surface area (Å²) in [6.07, 6.45) is 3.08. The van der Waals surface area contributed by atoms with Gasteiger partial charge in [-0.15, -0.1) is 10.2 Å². The number of ether oxygens (including phenoxy) is 2. The summed E-state index contributed by atoms with van der Waals surface area (Å²) in [7, 11) is 1.64. The summed E-state index contributed by atoms with van der Waals surface area (Å²) >= 11 is 0. The fourth-order valence-corrected chi connectivity index (χ4v) is 3.02. The maximum absolute atomic E-state index is 12.0. The molecule has 150 valence electrons. The molecule has 0 saturated carbocycles. The molecule has 6 nitrogen and oxygen atoms in total. The Kier molecular flexibility index (Phi) is 5.57. The minimum Gasteiger partial charge on any atom is -0.497 e. The Labute approximate surface area is 173 Å². The Morgan fingerprint density at radius 2 is 1.87 bits per heavy atom. The van der Waals surface area contributed by atoms with Gasteiger partial charge in [-0.25, -0.2) is 4.79 Å². The van der Waals surface area contributed by atoms with Gasteiger partial charge in [0.05, 0.1) is 7.11 Å². The molecule has 0 aliphatic carbocycles. The number of hydrogen-bond donors (Lipinski definition) is 0. The van der Waals surface area contributed by atoms with Gasteiger partial charge in [0.15, 0.2) is 6.61 Å². The first-order chi connectivity index (χ1) is 14.6. The van der Waals surface area contributed by atoms with Gasteiger partial charge in [-0.1, -0.05) is 35.9 Å². The fourth-order valence-electron chi connectivity index (χ4n) is 3.02. The van der Waals surface area contributed by atoms with E-state index in [4.69, 9.17) is 13.9 Å². The number of rotatable bonds is 6. The highest BCUT2D eigenvalue weighted by Gasteiger charge is 2.10. The molecule has 0 N–H and O–H groups in total. The number of aryl methyl sites for hydroxylation is 1. The molecule has 1 heterocycles. The van der Waals surface area contributed by atoms with E-state index in [2.05, 4.69) is 10.2 Å². The van der Waals surface area contributed by atoms with E-state index in [1.165, 1.54) is 6.08 Å². The topological polar surface area (TPSA) is 74.5 Å². The predicted octanol–water partition coefficient (Wildman–Crippen LogP) is 4.96. The van der Waals surface area contributed by atoms with Crippen LogP contribution in [0.2, 0.25) is 0 Å². The lowest BCUT2D eigenvalue weighted by Crippen LogP contribution is -2.00. The van der Waals surface area contributed by atoms with E-state index in [1.54, 1.807) is 13.2 Å². The van der Waals surface area contributed by atoms with Crippen molar-refractivity contribution in [3.8, 4) is 17.2 Å². The molecule has 4 aromatic rings. The normalized spacial score (nSPS) is 11.1. The van der Waals surface area contributed by atoms with Crippen LogP contribution in [0.1, 0.15) is 17.0 Å². The highest BCUT2D eigenvalue weighted by atomic mass is 16.5. The van der Waals surface area contributed by atoms with Crippen LogP contribution in [0, 0.1) is 6.92 Å². The maximum atomic E-state index is 12.0. The van der Waals surface area contributed by atoms with E-state index in [1.807, 2.05) is 67.6 Å². The molecule has 0 aliphatic heterocycles. The maximum Gasteiger partial charge on any atom is 0.331 e. The summed E-state index contributed by atoms with van der Waals surface area (Å²) in [5.74, 6) is 0.960. The lowest BCUT2D eigenvalue weighted by atomic mass is 10.1. The smallest absolute Gasteiger partial charge is 0.331 e. The third-order valence-electron chi connectivity index (χ3n) is 4.55. The highest BCUT2D eigenvalue weighted by Crippen LogP contribution is 2.22. The highest BCUT2D eigenvalue weighted by molar-refractivity contribution is 5.90. The van der Waals surface area contributed by atoms with Crippen molar-refractivity contribution >= 4 is 22.8 Å². The fraction of sp³-hybridized carbons (Fsp3) is 0.125. The predicted molar refractivity (Wildman–Crippen MR) is 114 cm³/mol. The third-order valence-corrected chi connectivity index (χ3v) is 4.55. The van der Waals surface area contributed by atoms with Crippen LogP contribution in [-0.4, -0.2) is 23.3 Å². The van der Waals surface area contributed by atoms with Gasteiger partial charge in [0.2, 0.25) is 5.89 Å². The first-order valence-electron chi connectivity index (χ1n) is 9.43. The summed E-state index contributed by atoms with van der Waals surface area (Å²) in [6.45, 7) is 1.90. The lowest BCUT2D eigenvalue weighted by molar-refractivity contribution is -0.139. The second-order valence-corrected chi connectivity index (χ2v) is 6.78. The van der Waals surface area contributed by atoms with E-state index < -0.39 is 5.97 Å². The summed E-state index contributed by atoms with van der Waals surface area (Å²) in [4.78, 5) is 12.0. The Hall–Kier alpha value is -3.93. The van der Waals surface area contributed by atoms with E-state index >= 15 is 0 Å². The molecule has 0 radical (unpaired) electrons. The van der Waals surface area contributed by atoms with Gasteiger partial charge in [-0.2, -0.15) is 0 Å². The number of aromatic nitrogens is 2. The number of hydrogen-bond acceptors (Lipinski definition) is 6. The van der Waals surface area contributed by atoms with Gasteiger partial charge >= 0.3 is 5.97 Å². The minimum absolute atomic E-state index is 0.0838. The molecular weight excluding hydrogens is 380 g/mol. The largest absolute Gasteiger partial charge is 0.497 e. The average Bonchev–Trinajstić information content (AvgIpc) is 3.25. The minimum atomic E-state index is -0.486. The van der Waals surface area contributed by atoms with Crippen molar-refractivity contribution in [3.63, 3.8) is 0 Å². The first kappa shape index (κ1) is 19.4. The Morgan fingerprint density at radius 3 is 2.70 bits per heavy atom. The molecule has 3 aromatic carbocycles. The molecular formula is C24H20N2O4. The zero-order valence-electron chi connectivity index (χ0n) is 16.7. The van der Waals surface area contributed by atoms with Crippen molar-refractivity contribution in [1.82, 2.24) is 10.2 Å². The van der Waals surface area contributed by atoms with Crippen LogP contribution in [0.25, 0.3) is 28.3 Å². The van der Waals surface area contributed by atoms with E-state index in [9.17, 15) is 4.79 Å². The SMILES string of the molecule is COc1ccc2cc(/C=C/C(=O)OCc3nnc(-c4cccc(C)c4)o3)ccc2c1. The van der Waals surface area contributed by atoms with E-state index in [0.717, 1.165) is 33.2 Å². The second kappa shape index (κ2) is 8.61. The molecule has 0 spiro atoms. The zero-order chi connectivity index (χ0) is 20.9. The third kappa shape index (κ3) is 4.55. The number of nitrogens with zero attached hydrogens (tertiary/aromatic N) is 2. The van der Waals surface area contributed by atoms with Crippen molar-refractivity contribution in [1.29, 1.82) is 0 Å². The number of esters is 1. The van der Waals surface area contributed by atoms with Gasteiger partial charge in [-0.05, 0) is 59.7 Å². The van der Waals surface area contributed by atoms with Crippen molar-refractivity contribution in [2.75, 3.05) is 7.11 Å². The van der Waals surface area contributed by atoms with Gasteiger partial charge in [-0.3, -0.25) is 0 Å². The first-order valence-corrected chi connectivity index (χ1v) is 9.43. The Morgan fingerprint density at radius 1 is 1.03 bits per heavy atom. The van der Waals surface area contributed by atoms with Crippen LogP contribution in [0.4, 0.5) is 0 Å². The molecule has 30 heavy (non-hydrogen) atoms. The molecule has 0 aliphatic rings. The van der Waals surface area contributed by atoms with Crippen LogP contribution in [0.5, 0.6) is 5.75 Å². The van der Waals surface area contributed by atoms with Gasteiger partial charge in [0.1, 0.15) is 5.75 Å². The van der Waals surface area contributed by atoms with Gasteiger partial charge in [0.25, 0.3) is 5.89 Å². The molecule has 6 heteroatoms. The second-order valence-electron chi connectivity index (χ2n) is 6.78. The number of carbonyl (C=O) groups excluding carboxylic acids is 1. The van der Waals surface area contributed by atoms with Crippen molar-refractivity contribution in [3.05, 3.63) is 83.8 Å². The van der Waals surface area contributed by atoms with Crippen molar-refractivity contribution in [2.45, 2.75) is 13.5 Å². The van der Waals surface area contributed by atoms with Crippen molar-refractivity contribution < 1.29 is 18.7 Å². The zero-order valence-corrected chi connectivity index (χ0v) is 16.7. The van der Waals surface area contributed by atoms with Crippen LogP contribution in [-0.2, 0) is 16.1 Å². The van der Waals surface area contributed by atoms with Crippen LogP contribution in [0.15, 0.2) is 71.2 Å². The molecule has 0 bridgehead atoms. The molecule has 0 unspecified atom stereocenters. The van der Waals surface area contributed by atoms with E-state index in [0.29, 0.717) is 5.89 Å². The molecule has 0 amide bonds. The number of fused-ring (bicyclic) bond motifs is 1. The molecule has 4 rings (SSSR count). The molecule has 0 fully saturated rings. The molecule has 0 atom stereocenters. The average molecular weight is 400 g/mol. The van der Waals surface area contributed by atoms with Crippen LogP contribution in [0.3, 0.4) is 0 Å². The summed E-state index contributed by atoms with van der Waals surface area (Å²) in [6, 6.07) is 19.5. The van der Waals surface area contributed by atoms with Crippen LogP contribution >= 0.6 is 0 Å². The van der Waals surface area contributed by atoms with E-state index in [-0.39, 0.29) is 12.5 Å². The van der Waals surface area contributed by atoms with Gasteiger partial charge in [0, 0.05) is 11.6 Å². The van der Waals surface area contributed by atoms with Crippen LogP contribution < -0.4 is 4.74 Å².